The van der Waals surface area contributed by atoms with E-state index in [2.05, 4.69) is 4.74 Å². The summed E-state index contributed by atoms with van der Waals surface area (Å²) in [6, 6.07) is 9.03. The average molecular weight is 180 g/mol. The van der Waals surface area contributed by atoms with Gasteiger partial charge in [-0.1, -0.05) is 30.3 Å². The molecular formula is C10H12O3. The number of carbonyl (C=O) groups is 1. The van der Waals surface area contributed by atoms with Gasteiger partial charge in [-0.05, 0) is 5.56 Å². The number of rotatable bonds is 3. The highest BCUT2D eigenvalue weighted by atomic mass is 16.5. The molecule has 0 aliphatic heterocycles. The predicted molar refractivity (Wildman–Crippen MR) is 48.0 cm³/mol. The number of aliphatic hydroxyl groups is 1. The number of carbonyl (C=O) groups excluding carboxylic acids is 1. The van der Waals surface area contributed by atoms with Crippen LogP contribution in [0.2, 0.25) is 0 Å². The van der Waals surface area contributed by atoms with E-state index in [0.717, 1.165) is 5.56 Å². The van der Waals surface area contributed by atoms with Crippen LogP contribution in [0.4, 0.5) is 0 Å². The highest BCUT2D eigenvalue weighted by Crippen LogP contribution is 2.15. The minimum absolute atomic E-state index is 0.000509. The molecule has 1 N–H and O–H groups in total. The molecule has 13 heavy (non-hydrogen) atoms. The highest BCUT2D eigenvalue weighted by Gasteiger charge is 2.11. The Balaban J connectivity index is 2.59. The normalized spacial score (nSPS) is 12.2. The van der Waals surface area contributed by atoms with Crippen molar-refractivity contribution in [2.75, 3.05) is 7.11 Å². The molecule has 0 aliphatic carbocycles. The van der Waals surface area contributed by atoms with Crippen molar-refractivity contribution in [1.82, 2.24) is 0 Å². The topological polar surface area (TPSA) is 46.5 Å². The van der Waals surface area contributed by atoms with Crippen LogP contribution in [-0.2, 0) is 9.53 Å². The maximum absolute atomic E-state index is 10.8. The fraction of sp³-hybridized carbons (Fsp3) is 0.300. The van der Waals surface area contributed by atoms with Crippen molar-refractivity contribution < 1.29 is 14.6 Å². The summed E-state index contributed by atoms with van der Waals surface area (Å²) in [4.78, 5) is 10.8. The minimum Gasteiger partial charge on any atom is -0.469 e. The second-order valence-corrected chi connectivity index (χ2v) is 2.71. The first-order valence-electron chi connectivity index (χ1n) is 4.04. The molecule has 0 amide bonds. The SMILES string of the molecule is COC(=O)CC(O)c1ccccc1. The summed E-state index contributed by atoms with van der Waals surface area (Å²) in [5.41, 5.74) is 0.730. The molecule has 0 saturated heterocycles. The lowest BCUT2D eigenvalue weighted by atomic mass is 10.1. The van der Waals surface area contributed by atoms with Crippen LogP contribution in [0.5, 0.6) is 0 Å². The first kappa shape index (κ1) is 9.74. The molecule has 1 aromatic rings. The van der Waals surface area contributed by atoms with E-state index in [1.165, 1.54) is 7.11 Å². The number of methoxy groups -OCH3 is 1. The lowest BCUT2D eigenvalue weighted by Gasteiger charge is -2.08. The van der Waals surface area contributed by atoms with Gasteiger partial charge in [0.05, 0.1) is 19.6 Å². The van der Waals surface area contributed by atoms with Crippen molar-refractivity contribution >= 4 is 5.97 Å². The van der Waals surface area contributed by atoms with Gasteiger partial charge in [0.25, 0.3) is 0 Å². The van der Waals surface area contributed by atoms with Crippen molar-refractivity contribution in [2.45, 2.75) is 12.5 Å². The van der Waals surface area contributed by atoms with Crippen LogP contribution < -0.4 is 0 Å². The Morgan fingerprint density at radius 2 is 2.08 bits per heavy atom. The van der Waals surface area contributed by atoms with Gasteiger partial charge in [-0.25, -0.2) is 0 Å². The van der Waals surface area contributed by atoms with Crippen LogP contribution in [0, 0.1) is 0 Å². The van der Waals surface area contributed by atoms with E-state index >= 15 is 0 Å². The van der Waals surface area contributed by atoms with Gasteiger partial charge >= 0.3 is 5.97 Å². The number of esters is 1. The Hall–Kier alpha value is -1.35. The molecular weight excluding hydrogens is 168 g/mol. The second kappa shape index (κ2) is 4.62. The van der Waals surface area contributed by atoms with Crippen LogP contribution in [0.1, 0.15) is 18.1 Å². The first-order chi connectivity index (χ1) is 6.24. The smallest absolute Gasteiger partial charge is 0.308 e. The summed E-state index contributed by atoms with van der Waals surface area (Å²) in [6.45, 7) is 0. The molecule has 3 heteroatoms. The molecule has 1 atom stereocenters. The molecule has 1 rings (SSSR count). The summed E-state index contributed by atoms with van der Waals surface area (Å²) in [5.74, 6) is -0.406. The van der Waals surface area contributed by atoms with Gasteiger partial charge in [0.2, 0.25) is 0 Å². The number of hydrogen-bond donors (Lipinski definition) is 1. The lowest BCUT2D eigenvalue weighted by molar-refractivity contribution is -0.142. The van der Waals surface area contributed by atoms with Crippen molar-refractivity contribution in [3.63, 3.8) is 0 Å². The third kappa shape index (κ3) is 2.87. The fourth-order valence-electron chi connectivity index (χ4n) is 1.03. The minimum atomic E-state index is -0.770. The predicted octanol–water partition coefficient (Wildman–Crippen LogP) is 1.28. The van der Waals surface area contributed by atoms with Gasteiger partial charge in [0.15, 0.2) is 0 Å². The molecule has 3 nitrogen and oxygen atoms in total. The Bertz CT molecular complexity index is 269. The fourth-order valence-corrected chi connectivity index (χ4v) is 1.03. The van der Waals surface area contributed by atoms with E-state index in [0.29, 0.717) is 0 Å². The molecule has 0 heterocycles. The largest absolute Gasteiger partial charge is 0.469 e. The Morgan fingerprint density at radius 3 is 2.62 bits per heavy atom. The maximum Gasteiger partial charge on any atom is 0.308 e. The van der Waals surface area contributed by atoms with Gasteiger partial charge in [0.1, 0.15) is 0 Å². The summed E-state index contributed by atoms with van der Waals surface area (Å²) < 4.78 is 4.44. The van der Waals surface area contributed by atoms with E-state index in [4.69, 9.17) is 0 Å². The molecule has 0 radical (unpaired) electrons. The summed E-state index contributed by atoms with van der Waals surface area (Å²) >= 11 is 0. The molecule has 0 fully saturated rings. The van der Waals surface area contributed by atoms with Crippen LogP contribution in [-0.4, -0.2) is 18.2 Å². The Morgan fingerprint density at radius 1 is 1.46 bits per heavy atom. The van der Waals surface area contributed by atoms with Crippen LogP contribution in [0.25, 0.3) is 0 Å². The van der Waals surface area contributed by atoms with Gasteiger partial charge in [-0.3, -0.25) is 4.79 Å². The van der Waals surface area contributed by atoms with Crippen molar-refractivity contribution in [3.8, 4) is 0 Å². The molecule has 0 aromatic heterocycles. The van der Waals surface area contributed by atoms with E-state index in [-0.39, 0.29) is 6.42 Å². The molecule has 1 unspecified atom stereocenters. The van der Waals surface area contributed by atoms with E-state index in [9.17, 15) is 9.90 Å². The maximum atomic E-state index is 10.8. The van der Waals surface area contributed by atoms with Crippen molar-refractivity contribution in [3.05, 3.63) is 35.9 Å². The van der Waals surface area contributed by atoms with Crippen molar-refractivity contribution in [1.29, 1.82) is 0 Å². The van der Waals surface area contributed by atoms with Crippen LogP contribution in [0.15, 0.2) is 30.3 Å². The number of ether oxygens (including phenoxy) is 1. The summed E-state index contributed by atoms with van der Waals surface area (Å²) in [5, 5.41) is 9.52. The lowest BCUT2D eigenvalue weighted by Crippen LogP contribution is -2.07. The second-order valence-electron chi connectivity index (χ2n) is 2.71. The monoisotopic (exact) mass is 180 g/mol. The van der Waals surface area contributed by atoms with Gasteiger partial charge < -0.3 is 9.84 Å². The van der Waals surface area contributed by atoms with E-state index in [1.807, 2.05) is 18.2 Å². The highest BCUT2D eigenvalue weighted by molar-refractivity contribution is 5.70. The molecule has 0 aliphatic rings. The Labute approximate surface area is 77.0 Å². The zero-order valence-corrected chi connectivity index (χ0v) is 7.43. The standard InChI is InChI=1S/C10H12O3/c1-13-10(12)7-9(11)8-5-3-2-4-6-8/h2-6,9,11H,7H2,1H3. The molecule has 70 valence electrons. The zero-order valence-electron chi connectivity index (χ0n) is 7.43. The quantitative estimate of drug-likeness (QED) is 0.713. The van der Waals surface area contributed by atoms with Gasteiger partial charge in [-0.2, -0.15) is 0 Å². The number of hydrogen-bond acceptors (Lipinski definition) is 3. The summed E-state index contributed by atoms with van der Waals surface area (Å²) in [7, 11) is 1.31. The molecule has 0 spiro atoms. The van der Waals surface area contributed by atoms with E-state index in [1.54, 1.807) is 12.1 Å². The summed E-state index contributed by atoms with van der Waals surface area (Å²) in [6.07, 6.45) is -0.769. The molecule has 0 saturated carbocycles. The first-order valence-corrected chi connectivity index (χ1v) is 4.04. The molecule has 0 bridgehead atoms. The molecule has 1 aromatic carbocycles. The Kier molecular flexibility index (Phi) is 3.46. The number of benzene rings is 1. The van der Waals surface area contributed by atoms with Gasteiger partial charge in [0, 0.05) is 0 Å². The third-order valence-corrected chi connectivity index (χ3v) is 1.77. The van der Waals surface area contributed by atoms with Crippen molar-refractivity contribution in [2.24, 2.45) is 0 Å². The van der Waals surface area contributed by atoms with Crippen LogP contribution >= 0.6 is 0 Å². The van der Waals surface area contributed by atoms with E-state index < -0.39 is 12.1 Å². The van der Waals surface area contributed by atoms with Crippen LogP contribution in [0.3, 0.4) is 0 Å². The third-order valence-electron chi connectivity index (χ3n) is 1.77. The van der Waals surface area contributed by atoms with Gasteiger partial charge in [-0.15, -0.1) is 0 Å². The number of aliphatic hydroxyl groups excluding tert-OH is 1. The zero-order chi connectivity index (χ0) is 9.68. The average Bonchev–Trinajstić information content (AvgIpc) is 2.19.